The first-order chi connectivity index (χ1) is 20.7. The summed E-state index contributed by atoms with van der Waals surface area (Å²) in [6.45, 7) is 3.27. The van der Waals surface area contributed by atoms with E-state index in [9.17, 15) is 28.7 Å². The Kier molecular flexibility index (Phi) is 8.87. The number of halogens is 3. The molecule has 0 spiro atoms. The number of amides is 3. The molecule has 4 rings (SSSR count). The summed E-state index contributed by atoms with van der Waals surface area (Å²) >= 11 is 0. The van der Waals surface area contributed by atoms with Crippen molar-refractivity contribution in [1.29, 1.82) is 0 Å². The predicted octanol–water partition coefficient (Wildman–Crippen LogP) is 4.59. The van der Waals surface area contributed by atoms with Crippen LogP contribution < -0.4 is 4.48 Å². The van der Waals surface area contributed by atoms with Crippen molar-refractivity contribution in [2.24, 2.45) is 0 Å². The van der Waals surface area contributed by atoms with Crippen LogP contribution in [0.4, 0.5) is 18.9 Å². The van der Waals surface area contributed by atoms with E-state index >= 15 is 8.78 Å². The number of pyridine rings is 1. The Morgan fingerprint density at radius 3 is 2.43 bits per heavy atom. The van der Waals surface area contributed by atoms with E-state index in [4.69, 9.17) is 4.74 Å². The fraction of sp³-hybridized carbons (Fsp3) is 0.312. The SMILES string of the molecule is C/C=C\C1=C(C)C(=O)N(CC(F)(F)C[N+]2(C)C(=O)C(C(=O)OCC)=C(O)c3ncc(Cc4ccc(F)cc4)c([CH+]C)c32)C1=O. The number of hydrogen-bond acceptors (Lipinski definition) is 7. The third-order valence-electron chi connectivity index (χ3n) is 7.58. The second kappa shape index (κ2) is 12.1. The summed E-state index contributed by atoms with van der Waals surface area (Å²) in [5, 5.41) is 11.1. The molecule has 0 saturated carbocycles. The number of benzene rings is 1. The highest BCUT2D eigenvalue weighted by Crippen LogP contribution is 2.44. The third-order valence-corrected chi connectivity index (χ3v) is 7.58. The van der Waals surface area contributed by atoms with Crippen LogP contribution in [0.1, 0.15) is 50.1 Å². The number of fused-ring (bicyclic) bond motifs is 1. The molecule has 2 aliphatic rings. The molecule has 2 aliphatic heterocycles. The van der Waals surface area contributed by atoms with E-state index in [2.05, 4.69) is 4.98 Å². The number of quaternary nitrogens is 1. The zero-order chi connectivity index (χ0) is 32.6. The summed E-state index contributed by atoms with van der Waals surface area (Å²) in [4.78, 5) is 57.2. The van der Waals surface area contributed by atoms with Gasteiger partial charge in [-0.15, -0.1) is 0 Å². The molecule has 230 valence electrons. The number of ether oxygens (including phenoxy) is 1. The Balaban J connectivity index is 1.84. The molecule has 0 bridgehead atoms. The van der Waals surface area contributed by atoms with Crippen LogP contribution in [0, 0.1) is 12.2 Å². The smallest absolute Gasteiger partial charge is 0.373 e. The molecule has 44 heavy (non-hydrogen) atoms. The number of alkyl halides is 2. The second-order valence-electron chi connectivity index (χ2n) is 10.7. The maximum atomic E-state index is 16.0. The highest BCUT2D eigenvalue weighted by Gasteiger charge is 2.59. The third kappa shape index (κ3) is 5.64. The first kappa shape index (κ1) is 32.2. The molecule has 3 heterocycles. The lowest BCUT2D eigenvalue weighted by atomic mass is 9.91. The average Bonchev–Trinajstić information content (AvgIpc) is 3.15. The largest absolute Gasteiger partial charge is 0.503 e. The molecule has 1 aromatic carbocycles. The van der Waals surface area contributed by atoms with Gasteiger partial charge in [0.2, 0.25) is 11.3 Å². The summed E-state index contributed by atoms with van der Waals surface area (Å²) in [6.07, 6.45) is 6.00. The van der Waals surface area contributed by atoms with E-state index in [0.29, 0.717) is 21.6 Å². The van der Waals surface area contributed by atoms with Crippen LogP contribution in [0.3, 0.4) is 0 Å². The Morgan fingerprint density at radius 1 is 1.18 bits per heavy atom. The van der Waals surface area contributed by atoms with Gasteiger partial charge in [0.05, 0.1) is 32.0 Å². The van der Waals surface area contributed by atoms with Crippen molar-refractivity contribution in [2.45, 2.75) is 40.0 Å². The Morgan fingerprint density at radius 2 is 1.84 bits per heavy atom. The number of carbonyl (C=O) groups is 4. The number of nitrogens with zero attached hydrogens (tertiary/aromatic N) is 3. The van der Waals surface area contributed by atoms with Crippen LogP contribution in [0.2, 0.25) is 0 Å². The van der Waals surface area contributed by atoms with E-state index in [1.807, 2.05) is 0 Å². The summed E-state index contributed by atoms with van der Waals surface area (Å²) in [7, 11) is 1.15. The zero-order valence-corrected chi connectivity index (χ0v) is 24.9. The van der Waals surface area contributed by atoms with Gasteiger partial charge >= 0.3 is 17.8 Å². The molecule has 1 aromatic heterocycles. The number of imide groups is 1. The molecule has 0 aliphatic carbocycles. The lowest BCUT2D eigenvalue weighted by Crippen LogP contribution is -2.62. The number of esters is 1. The molecule has 1 N–H and O–H groups in total. The van der Waals surface area contributed by atoms with E-state index in [0.717, 1.165) is 7.05 Å². The quantitative estimate of drug-likeness (QED) is 0.138. The molecule has 9 nitrogen and oxygen atoms in total. The normalized spacial score (nSPS) is 18.9. The predicted molar refractivity (Wildman–Crippen MR) is 155 cm³/mol. The molecule has 3 amide bonds. The highest BCUT2D eigenvalue weighted by atomic mass is 19.3. The van der Waals surface area contributed by atoms with E-state index in [1.165, 1.54) is 44.3 Å². The standard InChI is InChI=1S/C32H31F3N3O6/c1-6-9-23-18(4)28(40)37(29(23)41)16-32(34,35)17-38(5)26-22(7-2)20(14-19-10-12-21(33)13-11-19)15-36-25(26)27(39)24(30(38)42)31(43)44-8-3/h6-7,9-13,15H,8,14,16-17H2,1-5H3/q+1/p+1/b9-6-. The van der Waals surface area contributed by atoms with E-state index in [1.54, 1.807) is 32.4 Å². The van der Waals surface area contributed by atoms with Gasteiger partial charge in [0.25, 0.3) is 17.5 Å². The fourth-order valence-electron chi connectivity index (χ4n) is 5.58. The Labute approximate surface area is 252 Å². The van der Waals surface area contributed by atoms with Gasteiger partial charge in [0, 0.05) is 30.9 Å². The average molecular weight is 612 g/mol. The fourth-order valence-corrected chi connectivity index (χ4v) is 5.58. The monoisotopic (exact) mass is 611 g/mol. The van der Waals surface area contributed by atoms with Gasteiger partial charge in [-0.1, -0.05) is 24.3 Å². The number of aliphatic hydroxyl groups excluding tert-OH is 1. The van der Waals surface area contributed by atoms with Crippen molar-refractivity contribution < 1.29 is 42.2 Å². The number of aliphatic hydroxyl groups is 1. The number of hydrogen-bond donors (Lipinski definition) is 1. The van der Waals surface area contributed by atoms with Crippen molar-refractivity contribution in [3.8, 4) is 0 Å². The molecule has 12 heteroatoms. The van der Waals surface area contributed by atoms with E-state index < -0.39 is 64.3 Å². The molecular formula is C32H32F3N3O6+2. The lowest BCUT2D eigenvalue weighted by molar-refractivity contribution is -0.146. The first-order valence-electron chi connectivity index (χ1n) is 13.9. The van der Waals surface area contributed by atoms with Crippen molar-refractivity contribution in [3.63, 3.8) is 0 Å². The van der Waals surface area contributed by atoms with Gasteiger partial charge in [-0.25, -0.2) is 19.0 Å². The zero-order valence-electron chi connectivity index (χ0n) is 24.9. The first-order valence-corrected chi connectivity index (χ1v) is 13.9. The molecular weight excluding hydrogens is 579 g/mol. The van der Waals surface area contributed by atoms with Crippen molar-refractivity contribution in [3.05, 3.63) is 94.0 Å². The molecule has 0 fully saturated rings. The van der Waals surface area contributed by atoms with Crippen LogP contribution >= 0.6 is 0 Å². The number of carbonyl (C=O) groups excluding carboxylic acids is 4. The molecule has 0 radical (unpaired) electrons. The summed E-state index contributed by atoms with van der Waals surface area (Å²) < 4.78 is 49.3. The molecule has 1 atom stereocenters. The van der Waals surface area contributed by atoms with Crippen molar-refractivity contribution >= 4 is 35.1 Å². The Bertz CT molecular complexity index is 1640. The van der Waals surface area contributed by atoms with Crippen LogP contribution in [-0.2, 0) is 30.3 Å². The van der Waals surface area contributed by atoms with Crippen LogP contribution in [0.25, 0.3) is 5.76 Å². The minimum Gasteiger partial charge on any atom is -0.503 e. The number of rotatable bonds is 10. The van der Waals surface area contributed by atoms with Crippen molar-refractivity contribution in [1.82, 2.24) is 14.4 Å². The van der Waals surface area contributed by atoms with Gasteiger partial charge in [-0.3, -0.25) is 14.5 Å². The molecule has 2 aromatic rings. The number of allylic oxidation sites excluding steroid dienone is 1. The summed E-state index contributed by atoms with van der Waals surface area (Å²) in [5.74, 6) is -9.30. The van der Waals surface area contributed by atoms with Crippen molar-refractivity contribution in [2.75, 3.05) is 26.7 Å². The summed E-state index contributed by atoms with van der Waals surface area (Å²) in [6, 6.07) is 5.61. The van der Waals surface area contributed by atoms with Crippen LogP contribution in [0.15, 0.2) is 59.3 Å². The van der Waals surface area contributed by atoms with Crippen LogP contribution in [0.5, 0.6) is 0 Å². The van der Waals surface area contributed by atoms with Gasteiger partial charge in [0.15, 0.2) is 17.9 Å². The van der Waals surface area contributed by atoms with Gasteiger partial charge in [-0.2, -0.15) is 13.3 Å². The lowest BCUT2D eigenvalue weighted by Gasteiger charge is -2.35. The van der Waals surface area contributed by atoms with Gasteiger partial charge in [0.1, 0.15) is 5.82 Å². The van der Waals surface area contributed by atoms with Gasteiger partial charge in [-0.05, 0) is 38.5 Å². The topological polar surface area (TPSA) is 114 Å². The minimum atomic E-state index is -3.86. The van der Waals surface area contributed by atoms with E-state index in [-0.39, 0.29) is 35.6 Å². The summed E-state index contributed by atoms with van der Waals surface area (Å²) in [5.41, 5.74) is 0.207. The number of likely N-dealkylation sites (N-methyl/N-ethyl adjacent to an activating group) is 1. The number of aromatic nitrogens is 1. The Hall–Kier alpha value is -4.71. The highest BCUT2D eigenvalue weighted by molar-refractivity contribution is 6.26. The minimum absolute atomic E-state index is 0.0111. The maximum Gasteiger partial charge on any atom is 0.373 e. The second-order valence-corrected chi connectivity index (χ2v) is 10.7. The molecule has 1 unspecified atom stereocenters. The van der Waals surface area contributed by atoms with Crippen LogP contribution in [-0.4, -0.2) is 71.3 Å². The molecule has 0 saturated heterocycles. The maximum absolute atomic E-state index is 16.0. The van der Waals surface area contributed by atoms with Gasteiger partial charge < -0.3 is 9.84 Å².